The van der Waals surface area contributed by atoms with Gasteiger partial charge in [0.25, 0.3) is 0 Å². The molecule has 1 heterocycles. The van der Waals surface area contributed by atoms with Crippen LogP contribution in [0.2, 0.25) is 0 Å². The van der Waals surface area contributed by atoms with E-state index in [2.05, 4.69) is 15.3 Å². The van der Waals surface area contributed by atoms with Crippen LogP contribution in [0.4, 0.5) is 5.82 Å². The van der Waals surface area contributed by atoms with E-state index in [1.165, 1.54) is 11.8 Å². The normalized spacial score (nSPS) is 11.3. The summed E-state index contributed by atoms with van der Waals surface area (Å²) in [6.07, 6.45) is 0. The van der Waals surface area contributed by atoms with Gasteiger partial charge in [-0.2, -0.15) is 0 Å². The second-order valence-electron chi connectivity index (χ2n) is 4.80. The fraction of sp³-hybridized carbons (Fsp3) is 0.545. The highest BCUT2D eigenvalue weighted by Crippen LogP contribution is 2.15. The van der Waals surface area contributed by atoms with Gasteiger partial charge in [-0.15, -0.1) is 0 Å². The molecule has 1 rings (SSSR count). The molecule has 0 atom stereocenters. The topological polar surface area (TPSA) is 80.9 Å². The number of amides is 1. The number of carbonyl (C=O) groups excluding carboxylic acids is 1. The molecule has 0 aromatic carbocycles. The van der Waals surface area contributed by atoms with Gasteiger partial charge >= 0.3 is 0 Å². The Morgan fingerprint density at radius 2 is 2.12 bits per heavy atom. The van der Waals surface area contributed by atoms with E-state index in [0.717, 1.165) is 5.69 Å². The van der Waals surface area contributed by atoms with Crippen molar-refractivity contribution in [3.8, 4) is 0 Å². The number of hydrogen-bond acceptors (Lipinski definition) is 5. The molecule has 94 valence electrons. The van der Waals surface area contributed by atoms with Crippen molar-refractivity contribution in [2.45, 2.75) is 38.4 Å². The molecule has 0 aliphatic carbocycles. The zero-order valence-corrected chi connectivity index (χ0v) is 11.4. The van der Waals surface area contributed by atoms with Crippen LogP contribution in [0.25, 0.3) is 0 Å². The van der Waals surface area contributed by atoms with Crippen molar-refractivity contribution in [1.82, 2.24) is 15.3 Å². The Balaban J connectivity index is 2.53. The smallest absolute Gasteiger partial charge is 0.230 e. The van der Waals surface area contributed by atoms with Crippen LogP contribution in [0.3, 0.4) is 0 Å². The van der Waals surface area contributed by atoms with Gasteiger partial charge in [0, 0.05) is 17.3 Å². The number of hydrogen-bond donors (Lipinski definition) is 2. The largest absolute Gasteiger partial charge is 0.384 e. The second-order valence-corrected chi connectivity index (χ2v) is 5.75. The number of thioether (sulfide) groups is 1. The number of anilines is 1. The number of nitrogen functional groups attached to an aromatic ring is 1. The van der Waals surface area contributed by atoms with Gasteiger partial charge in [0.1, 0.15) is 5.82 Å². The highest BCUT2D eigenvalue weighted by atomic mass is 32.2. The Kier molecular flexibility index (Phi) is 4.34. The van der Waals surface area contributed by atoms with E-state index in [9.17, 15) is 4.79 Å². The van der Waals surface area contributed by atoms with Crippen LogP contribution >= 0.6 is 11.8 Å². The summed E-state index contributed by atoms with van der Waals surface area (Å²) in [5, 5.41) is 3.41. The molecule has 0 saturated carbocycles. The lowest BCUT2D eigenvalue weighted by Crippen LogP contribution is -2.41. The summed E-state index contributed by atoms with van der Waals surface area (Å²) >= 11 is 1.28. The molecule has 0 radical (unpaired) electrons. The molecule has 6 heteroatoms. The SMILES string of the molecule is Cc1cc(N)nc(SCC(=O)NC(C)(C)C)n1. The minimum atomic E-state index is -0.218. The lowest BCUT2D eigenvalue weighted by Gasteiger charge is -2.20. The lowest BCUT2D eigenvalue weighted by molar-refractivity contribution is -0.119. The first kappa shape index (κ1) is 13.8. The Morgan fingerprint density at radius 1 is 1.47 bits per heavy atom. The molecular weight excluding hydrogens is 236 g/mol. The van der Waals surface area contributed by atoms with Crippen molar-refractivity contribution in [3.63, 3.8) is 0 Å². The monoisotopic (exact) mass is 254 g/mol. The molecular formula is C11H18N4OS. The van der Waals surface area contributed by atoms with Gasteiger partial charge < -0.3 is 11.1 Å². The second kappa shape index (κ2) is 5.35. The van der Waals surface area contributed by atoms with Crippen LogP contribution < -0.4 is 11.1 Å². The predicted molar refractivity (Wildman–Crippen MR) is 69.8 cm³/mol. The number of aryl methyl sites for hydroxylation is 1. The summed E-state index contributed by atoms with van der Waals surface area (Å²) in [4.78, 5) is 19.8. The number of carbonyl (C=O) groups is 1. The Hall–Kier alpha value is -1.30. The van der Waals surface area contributed by atoms with Crippen LogP contribution in [-0.4, -0.2) is 27.2 Å². The van der Waals surface area contributed by atoms with Gasteiger partial charge in [0.05, 0.1) is 5.75 Å². The highest BCUT2D eigenvalue weighted by Gasteiger charge is 2.14. The van der Waals surface area contributed by atoms with Crippen LogP contribution in [0, 0.1) is 6.92 Å². The molecule has 1 aromatic rings. The average Bonchev–Trinajstić information content (AvgIpc) is 2.10. The van der Waals surface area contributed by atoms with Gasteiger partial charge in [-0.3, -0.25) is 4.79 Å². The molecule has 0 aliphatic heterocycles. The first-order valence-electron chi connectivity index (χ1n) is 5.31. The van der Waals surface area contributed by atoms with Crippen LogP contribution in [0.15, 0.2) is 11.2 Å². The molecule has 0 aliphatic rings. The fourth-order valence-corrected chi connectivity index (χ4v) is 1.92. The quantitative estimate of drug-likeness (QED) is 0.629. The van der Waals surface area contributed by atoms with Crippen LogP contribution in [0.5, 0.6) is 0 Å². The minimum Gasteiger partial charge on any atom is -0.384 e. The number of rotatable bonds is 3. The van der Waals surface area contributed by atoms with E-state index in [1.54, 1.807) is 6.07 Å². The Labute approximate surface area is 106 Å². The Bertz CT molecular complexity index is 394. The molecule has 0 bridgehead atoms. The molecule has 5 nitrogen and oxygen atoms in total. The lowest BCUT2D eigenvalue weighted by atomic mass is 10.1. The summed E-state index contributed by atoms with van der Waals surface area (Å²) in [6.45, 7) is 7.67. The van der Waals surface area contributed by atoms with E-state index in [4.69, 9.17) is 5.73 Å². The summed E-state index contributed by atoms with van der Waals surface area (Å²) in [7, 11) is 0. The molecule has 0 unspecified atom stereocenters. The van der Waals surface area contributed by atoms with Gasteiger partial charge in [-0.05, 0) is 27.7 Å². The average molecular weight is 254 g/mol. The predicted octanol–water partition coefficient (Wildman–Crippen LogP) is 1.37. The standard InChI is InChI=1S/C11H18N4OS/c1-7-5-8(12)14-10(13-7)17-6-9(16)15-11(2,3)4/h5H,6H2,1-4H3,(H,15,16)(H2,12,13,14). The van der Waals surface area contributed by atoms with Crippen molar-refractivity contribution in [2.24, 2.45) is 0 Å². The van der Waals surface area contributed by atoms with Crippen molar-refractivity contribution in [1.29, 1.82) is 0 Å². The van der Waals surface area contributed by atoms with Crippen molar-refractivity contribution in [2.75, 3.05) is 11.5 Å². The van der Waals surface area contributed by atoms with E-state index in [0.29, 0.717) is 16.7 Å². The third kappa shape index (κ3) is 5.53. The summed E-state index contributed by atoms with van der Waals surface area (Å²) < 4.78 is 0. The van der Waals surface area contributed by atoms with Crippen LogP contribution in [0.1, 0.15) is 26.5 Å². The number of aromatic nitrogens is 2. The van der Waals surface area contributed by atoms with Crippen molar-refractivity contribution < 1.29 is 4.79 Å². The van der Waals surface area contributed by atoms with E-state index in [-0.39, 0.29) is 11.4 Å². The summed E-state index contributed by atoms with van der Waals surface area (Å²) in [5.41, 5.74) is 6.19. The minimum absolute atomic E-state index is 0.0359. The maximum absolute atomic E-state index is 11.6. The maximum atomic E-state index is 11.6. The van der Waals surface area contributed by atoms with Crippen molar-refractivity contribution >= 4 is 23.5 Å². The molecule has 0 spiro atoms. The van der Waals surface area contributed by atoms with Gasteiger partial charge in [0.15, 0.2) is 5.16 Å². The first-order valence-corrected chi connectivity index (χ1v) is 6.30. The van der Waals surface area contributed by atoms with E-state index >= 15 is 0 Å². The Morgan fingerprint density at radius 3 is 2.65 bits per heavy atom. The highest BCUT2D eigenvalue weighted by molar-refractivity contribution is 7.99. The molecule has 1 amide bonds. The van der Waals surface area contributed by atoms with Gasteiger partial charge in [0.2, 0.25) is 5.91 Å². The molecule has 1 aromatic heterocycles. The zero-order valence-electron chi connectivity index (χ0n) is 10.6. The van der Waals surface area contributed by atoms with Gasteiger partial charge in [-0.25, -0.2) is 9.97 Å². The van der Waals surface area contributed by atoms with Crippen LogP contribution in [-0.2, 0) is 4.79 Å². The molecule has 0 fully saturated rings. The fourth-order valence-electron chi connectivity index (χ4n) is 1.21. The number of nitrogens with two attached hydrogens (primary N) is 1. The molecule has 17 heavy (non-hydrogen) atoms. The maximum Gasteiger partial charge on any atom is 0.230 e. The summed E-state index contributed by atoms with van der Waals surface area (Å²) in [6, 6.07) is 1.69. The van der Waals surface area contributed by atoms with E-state index < -0.39 is 0 Å². The first-order chi connectivity index (χ1) is 7.76. The summed E-state index contributed by atoms with van der Waals surface area (Å²) in [5.74, 6) is 0.683. The zero-order chi connectivity index (χ0) is 13.1. The molecule has 0 saturated heterocycles. The number of nitrogens with one attached hydrogen (secondary N) is 1. The third-order valence-corrected chi connectivity index (χ3v) is 2.55. The molecule has 3 N–H and O–H groups in total. The third-order valence-electron chi connectivity index (χ3n) is 1.70. The van der Waals surface area contributed by atoms with Gasteiger partial charge in [-0.1, -0.05) is 11.8 Å². The van der Waals surface area contributed by atoms with E-state index in [1.807, 2.05) is 27.7 Å². The number of nitrogens with zero attached hydrogens (tertiary/aromatic N) is 2. The van der Waals surface area contributed by atoms with Crippen molar-refractivity contribution in [3.05, 3.63) is 11.8 Å².